The third-order valence-electron chi connectivity index (χ3n) is 17.4. The van der Waals surface area contributed by atoms with Gasteiger partial charge in [-0.25, -0.2) is 18.1 Å². The molecule has 17 nitrogen and oxygen atoms in total. The minimum atomic E-state index is -4.60. The number of ether oxygens (including phenoxy) is 3. The number of nitro benzene ring substituents is 1. The molecule has 2 aromatic heterocycles. The summed E-state index contributed by atoms with van der Waals surface area (Å²) in [4.78, 5) is 40.5. The van der Waals surface area contributed by atoms with Crippen molar-refractivity contribution >= 4 is 44.0 Å². The second-order valence-corrected chi connectivity index (χ2v) is 25.6. The van der Waals surface area contributed by atoms with Gasteiger partial charge in [-0.05, 0) is 134 Å². The molecule has 0 unspecified atom stereocenters. The van der Waals surface area contributed by atoms with Gasteiger partial charge in [0.1, 0.15) is 22.8 Å². The van der Waals surface area contributed by atoms with E-state index < -0.39 is 37.0 Å². The van der Waals surface area contributed by atoms with Gasteiger partial charge in [-0.3, -0.25) is 24.7 Å². The van der Waals surface area contributed by atoms with E-state index in [0.29, 0.717) is 49.3 Å². The number of rotatable bonds is 16. The van der Waals surface area contributed by atoms with E-state index in [4.69, 9.17) is 14.2 Å². The molecule has 11 rings (SSSR count). The first kappa shape index (κ1) is 53.3. The predicted octanol–water partition coefficient (Wildman–Crippen LogP) is 10.5. The Morgan fingerprint density at radius 3 is 2.51 bits per heavy atom. The van der Waals surface area contributed by atoms with Crippen molar-refractivity contribution in [2.24, 2.45) is 11.3 Å². The van der Waals surface area contributed by atoms with Gasteiger partial charge < -0.3 is 34.5 Å². The Balaban J connectivity index is 0.792. The van der Waals surface area contributed by atoms with Crippen molar-refractivity contribution in [1.82, 2.24) is 24.5 Å². The summed E-state index contributed by atoms with van der Waals surface area (Å²) in [5.74, 6) is 1.78. The van der Waals surface area contributed by atoms with E-state index in [9.17, 15) is 28.4 Å². The zero-order chi connectivity index (χ0) is 54.7. The lowest BCUT2D eigenvalue weighted by molar-refractivity contribution is -0.384. The number of benzene rings is 4. The van der Waals surface area contributed by atoms with Crippen LogP contribution in [-0.2, 0) is 22.0 Å². The normalized spacial score (nSPS) is 22.3. The smallest absolute Gasteiger partial charge is 0.293 e. The molecule has 5 heterocycles. The number of methoxy groups -OCH3 is 1. The molecule has 1 amide bonds. The van der Waals surface area contributed by atoms with Gasteiger partial charge in [0, 0.05) is 98.3 Å². The van der Waals surface area contributed by atoms with Crippen molar-refractivity contribution in [2.75, 3.05) is 63.2 Å². The number of nitro groups is 1. The summed E-state index contributed by atoms with van der Waals surface area (Å²) in [6.07, 6.45) is 9.17. The highest BCUT2D eigenvalue weighted by Crippen LogP contribution is 2.54. The maximum Gasteiger partial charge on any atom is 0.293 e. The van der Waals surface area contributed by atoms with Crippen LogP contribution in [0.15, 0.2) is 102 Å². The van der Waals surface area contributed by atoms with Gasteiger partial charge in [0.05, 0.1) is 40.9 Å². The first-order valence-electron chi connectivity index (χ1n) is 27.5. The van der Waals surface area contributed by atoms with Crippen LogP contribution in [0, 0.1) is 21.4 Å². The highest BCUT2D eigenvalue weighted by Gasteiger charge is 2.55. The Morgan fingerprint density at radius 1 is 0.974 bits per heavy atom. The van der Waals surface area contributed by atoms with Crippen LogP contribution in [-0.4, -0.2) is 109 Å². The van der Waals surface area contributed by atoms with Gasteiger partial charge in [0.2, 0.25) is 0 Å². The van der Waals surface area contributed by atoms with Crippen LogP contribution in [0.4, 0.5) is 17.1 Å². The highest BCUT2D eigenvalue weighted by atomic mass is 32.2. The highest BCUT2D eigenvalue weighted by molar-refractivity contribution is 7.90. The number of sulfonamides is 1. The van der Waals surface area contributed by atoms with Crippen LogP contribution in [0.5, 0.6) is 23.0 Å². The molecule has 78 heavy (non-hydrogen) atoms. The lowest BCUT2D eigenvalue weighted by Crippen LogP contribution is -2.68. The zero-order valence-electron chi connectivity index (χ0n) is 45.5. The molecule has 2 aliphatic carbocycles. The first-order chi connectivity index (χ1) is 37.3. The van der Waals surface area contributed by atoms with Gasteiger partial charge in [-0.1, -0.05) is 52.0 Å². The van der Waals surface area contributed by atoms with Crippen LogP contribution >= 0.6 is 0 Å². The number of anilines is 2. The Kier molecular flexibility index (Phi) is 14.2. The summed E-state index contributed by atoms with van der Waals surface area (Å²) in [6.45, 7) is 17.3. The molecule has 3 aliphatic heterocycles. The zero-order valence-corrected chi connectivity index (χ0v) is 46.3. The first-order valence-corrected chi connectivity index (χ1v) is 29.0. The number of pyridine rings is 1. The topological polar surface area (TPSA) is 205 Å². The standard InChI is InChI=1S/C60H72N8O9S/c1-38(2)46-9-7-8-10-47(46)52-35-65(34-40-25-49-55(54(26-40)75-6)76-24-20-58(49,3)4)22-23-67(52)43-30-60(31-43)36-66(37-60)42-11-13-48(53(28-42)77-44-27-41-17-21-61-56(41)63-33-44)57(69)64-78(73,74)45-12-14-50(51(29-45)68(71)72)62-32-39-15-18-59(5,70)19-16-39/h7-14,17,21,25-29,33,38-39,43,52,62,70H,15-16,18-20,22-24,30-32,34-37H2,1-6H3,(H,61,63)(H,64,69)/t39-,52-,59-/m0/s1. The van der Waals surface area contributed by atoms with Crippen molar-refractivity contribution in [3.63, 3.8) is 0 Å². The molecule has 0 radical (unpaired) electrons. The Labute approximate surface area is 456 Å². The number of nitrogens with zero attached hydrogens (tertiary/aromatic N) is 5. The molecule has 412 valence electrons. The van der Waals surface area contributed by atoms with E-state index in [-0.39, 0.29) is 39.8 Å². The maximum absolute atomic E-state index is 14.1. The van der Waals surface area contributed by atoms with Crippen molar-refractivity contribution in [3.8, 4) is 23.0 Å². The summed E-state index contributed by atoms with van der Waals surface area (Å²) in [5.41, 5.74) is 5.83. The van der Waals surface area contributed by atoms with E-state index >= 15 is 0 Å². The van der Waals surface area contributed by atoms with E-state index in [1.807, 2.05) is 19.1 Å². The summed E-state index contributed by atoms with van der Waals surface area (Å²) < 4.78 is 48.4. The molecule has 6 aromatic rings. The molecule has 1 spiro atoms. The molecule has 5 aliphatic rings. The molecule has 1 atom stereocenters. The molecule has 4 aromatic carbocycles. The second-order valence-electron chi connectivity index (χ2n) is 23.9. The number of H-pyrrole nitrogens is 1. The van der Waals surface area contributed by atoms with E-state index in [2.05, 4.69) is 98.8 Å². The Hall–Kier alpha value is -6.73. The average molecular weight is 1080 g/mol. The van der Waals surface area contributed by atoms with Gasteiger partial charge >= 0.3 is 0 Å². The number of carbonyl (C=O) groups is 1. The molecule has 4 fully saturated rings. The third-order valence-corrected chi connectivity index (χ3v) is 18.8. The van der Waals surface area contributed by atoms with Gasteiger partial charge in [0.15, 0.2) is 11.5 Å². The lowest BCUT2D eigenvalue weighted by atomic mass is 9.59. The fourth-order valence-electron chi connectivity index (χ4n) is 12.8. The van der Waals surface area contributed by atoms with E-state index in [1.165, 1.54) is 40.6 Å². The number of aromatic amines is 1. The molecule has 2 saturated heterocycles. The van der Waals surface area contributed by atoms with Crippen molar-refractivity contribution in [3.05, 3.63) is 135 Å². The number of piperazine rings is 1. The second kappa shape index (κ2) is 20.8. The summed E-state index contributed by atoms with van der Waals surface area (Å²) >= 11 is 0. The van der Waals surface area contributed by atoms with E-state index in [1.54, 1.807) is 31.5 Å². The van der Waals surface area contributed by atoms with Crippen molar-refractivity contribution < 1.29 is 37.5 Å². The monoisotopic (exact) mass is 1080 g/mol. The summed E-state index contributed by atoms with van der Waals surface area (Å²) in [6, 6.07) is 26.5. The van der Waals surface area contributed by atoms with Crippen molar-refractivity contribution in [2.45, 2.75) is 120 Å². The number of hydrogen-bond donors (Lipinski definition) is 4. The number of carbonyl (C=O) groups excluding carboxylic acids is 1. The van der Waals surface area contributed by atoms with Crippen LogP contribution in [0.25, 0.3) is 11.0 Å². The number of nitrogens with one attached hydrogen (secondary N) is 3. The van der Waals surface area contributed by atoms with Crippen molar-refractivity contribution in [1.29, 1.82) is 0 Å². The van der Waals surface area contributed by atoms with Gasteiger partial charge in [0.25, 0.3) is 21.6 Å². The fraction of sp³-hybridized carbons (Fsp3) is 0.467. The number of fused-ring (bicyclic) bond motifs is 2. The SMILES string of the molecule is COc1cc(CN2CCN(C3CC4(C3)CN(c3ccc(C(=O)NS(=O)(=O)c5ccc(NC[C@H]6CC[C@](C)(O)CC6)c([N+](=O)[O-])c5)c(Oc5cnc6[nH]ccc6c5)c3)C4)[C@H](c3ccccc3C(C)C)C2)cc2c1OCCC2(C)C. The Morgan fingerprint density at radius 2 is 1.76 bits per heavy atom. The van der Waals surface area contributed by atoms with Crippen LogP contribution in [0.2, 0.25) is 0 Å². The lowest BCUT2D eigenvalue weighted by Gasteiger charge is -2.63. The average Bonchev–Trinajstić information content (AvgIpc) is 3.48. The predicted molar refractivity (Wildman–Crippen MR) is 300 cm³/mol. The summed E-state index contributed by atoms with van der Waals surface area (Å²) in [5, 5.41) is 26.5. The van der Waals surface area contributed by atoms with Gasteiger partial charge in [-0.15, -0.1) is 0 Å². The molecule has 0 bridgehead atoms. The minimum Gasteiger partial charge on any atom is -0.493 e. The molecule has 4 N–H and O–H groups in total. The number of aromatic nitrogens is 2. The molecular formula is C60H72N8O9S. The number of amides is 1. The number of hydrogen-bond acceptors (Lipinski definition) is 14. The quantitative estimate of drug-likeness (QED) is 0.0526. The third kappa shape index (κ3) is 10.8. The van der Waals surface area contributed by atoms with Crippen LogP contribution in [0.1, 0.15) is 124 Å². The fourth-order valence-corrected chi connectivity index (χ4v) is 13.8. The maximum atomic E-state index is 14.1. The Bertz CT molecular complexity index is 3350. The number of aliphatic hydroxyl groups is 1. The summed E-state index contributed by atoms with van der Waals surface area (Å²) in [7, 11) is -2.87. The minimum absolute atomic E-state index is 0.00646. The molecular weight excluding hydrogens is 1010 g/mol. The largest absolute Gasteiger partial charge is 0.493 e. The van der Waals surface area contributed by atoms with Crippen LogP contribution < -0.4 is 29.1 Å². The molecule has 2 saturated carbocycles. The van der Waals surface area contributed by atoms with E-state index in [0.717, 1.165) is 100 Å². The van der Waals surface area contributed by atoms with Crippen LogP contribution in [0.3, 0.4) is 0 Å². The molecule has 18 heteroatoms. The van der Waals surface area contributed by atoms with Gasteiger partial charge in [-0.2, -0.15) is 0 Å².